The number of hydrogen-bond acceptors (Lipinski definition) is 3. The molecular formula is C17H17N3O2. The lowest BCUT2D eigenvalue weighted by molar-refractivity contribution is -0.136. The van der Waals surface area contributed by atoms with E-state index in [2.05, 4.69) is 14.5 Å². The summed E-state index contributed by atoms with van der Waals surface area (Å²) in [6.45, 7) is 2.68. The molecular weight excluding hydrogens is 278 g/mol. The highest BCUT2D eigenvalue weighted by atomic mass is 16.4. The van der Waals surface area contributed by atoms with Gasteiger partial charge >= 0.3 is 5.97 Å². The van der Waals surface area contributed by atoms with E-state index in [0.717, 1.165) is 34.3 Å². The molecule has 0 saturated heterocycles. The van der Waals surface area contributed by atoms with Crippen LogP contribution in [0.5, 0.6) is 0 Å². The number of rotatable bonds is 5. The molecule has 0 saturated carbocycles. The van der Waals surface area contributed by atoms with Gasteiger partial charge in [-0.3, -0.25) is 9.78 Å². The average Bonchev–Trinajstić information content (AvgIpc) is 2.81. The molecule has 3 aromatic rings. The van der Waals surface area contributed by atoms with E-state index >= 15 is 0 Å². The molecule has 0 atom stereocenters. The number of carboxylic acid groups (broad SMARTS) is 1. The summed E-state index contributed by atoms with van der Waals surface area (Å²) in [7, 11) is 0. The molecule has 5 nitrogen and oxygen atoms in total. The largest absolute Gasteiger partial charge is 0.481 e. The predicted molar refractivity (Wildman–Crippen MR) is 83.8 cm³/mol. The zero-order valence-electron chi connectivity index (χ0n) is 12.4. The summed E-state index contributed by atoms with van der Waals surface area (Å²) in [5, 5.41) is 10.1. The predicted octanol–water partition coefficient (Wildman–Crippen LogP) is 2.67. The van der Waals surface area contributed by atoms with Crippen molar-refractivity contribution in [1.29, 1.82) is 0 Å². The van der Waals surface area contributed by atoms with Crippen molar-refractivity contribution in [3.63, 3.8) is 0 Å². The third kappa shape index (κ3) is 2.57. The zero-order valence-corrected chi connectivity index (χ0v) is 12.4. The van der Waals surface area contributed by atoms with Crippen molar-refractivity contribution in [2.45, 2.75) is 26.3 Å². The lowest BCUT2D eigenvalue weighted by atomic mass is 10.1. The first-order valence-electron chi connectivity index (χ1n) is 7.26. The Bertz CT molecular complexity index is 809. The molecule has 3 aromatic heterocycles. The maximum Gasteiger partial charge on any atom is 0.307 e. The number of nitrogens with zero attached hydrogens (tertiary/aromatic N) is 3. The minimum Gasteiger partial charge on any atom is -0.481 e. The van der Waals surface area contributed by atoms with Crippen LogP contribution in [0, 0.1) is 0 Å². The summed E-state index contributed by atoms with van der Waals surface area (Å²) < 4.78 is 2.10. The number of hydrogen-bond donors (Lipinski definition) is 1. The Morgan fingerprint density at radius 2 is 2.09 bits per heavy atom. The molecule has 0 fully saturated rings. The van der Waals surface area contributed by atoms with Crippen LogP contribution in [0.3, 0.4) is 0 Å². The van der Waals surface area contributed by atoms with E-state index in [0.29, 0.717) is 6.54 Å². The van der Waals surface area contributed by atoms with E-state index in [9.17, 15) is 9.90 Å². The van der Waals surface area contributed by atoms with Gasteiger partial charge in [0.05, 0.1) is 13.0 Å². The van der Waals surface area contributed by atoms with E-state index < -0.39 is 5.97 Å². The Morgan fingerprint density at radius 1 is 1.27 bits per heavy atom. The minimum absolute atomic E-state index is 0.0193. The summed E-state index contributed by atoms with van der Waals surface area (Å²) in [6, 6.07) is 7.71. The number of carbonyl (C=O) groups is 1. The van der Waals surface area contributed by atoms with Gasteiger partial charge in [0.1, 0.15) is 5.65 Å². The van der Waals surface area contributed by atoms with Gasteiger partial charge in [0, 0.05) is 29.7 Å². The van der Waals surface area contributed by atoms with Gasteiger partial charge in [-0.15, -0.1) is 0 Å². The first-order chi connectivity index (χ1) is 10.7. The Balaban J connectivity index is 2.17. The lowest BCUT2D eigenvalue weighted by Gasteiger charge is -2.09. The summed E-state index contributed by atoms with van der Waals surface area (Å²) >= 11 is 0. The van der Waals surface area contributed by atoms with Gasteiger partial charge in [-0.25, -0.2) is 4.98 Å². The van der Waals surface area contributed by atoms with Crippen molar-refractivity contribution in [3.05, 3.63) is 59.7 Å². The van der Waals surface area contributed by atoms with E-state index in [-0.39, 0.29) is 6.42 Å². The Morgan fingerprint density at radius 3 is 2.77 bits per heavy atom. The van der Waals surface area contributed by atoms with Crippen LogP contribution in [-0.2, 0) is 24.2 Å². The summed E-state index contributed by atoms with van der Waals surface area (Å²) in [5.41, 5.74) is 3.79. The number of aromatic nitrogens is 3. The van der Waals surface area contributed by atoms with E-state index in [4.69, 9.17) is 0 Å². The second-order valence-corrected chi connectivity index (χ2v) is 5.17. The molecule has 0 amide bonds. The second-order valence-electron chi connectivity index (χ2n) is 5.17. The smallest absolute Gasteiger partial charge is 0.307 e. The summed E-state index contributed by atoms with van der Waals surface area (Å²) in [6.07, 6.45) is 6.09. The van der Waals surface area contributed by atoms with Crippen LogP contribution in [0.1, 0.15) is 23.7 Å². The van der Waals surface area contributed by atoms with Crippen LogP contribution in [-0.4, -0.2) is 25.6 Å². The van der Waals surface area contributed by atoms with Crippen LogP contribution in [0.4, 0.5) is 0 Å². The van der Waals surface area contributed by atoms with Crippen molar-refractivity contribution in [2.75, 3.05) is 0 Å². The van der Waals surface area contributed by atoms with Crippen LogP contribution >= 0.6 is 0 Å². The molecule has 3 heterocycles. The SMILES string of the molecule is CCc1c(CC(=O)O)c2cccnc2n1Cc1cccnc1. The maximum absolute atomic E-state index is 11.2. The molecule has 22 heavy (non-hydrogen) atoms. The Labute approximate surface area is 128 Å². The molecule has 0 radical (unpaired) electrons. The van der Waals surface area contributed by atoms with E-state index in [1.807, 2.05) is 37.4 Å². The lowest BCUT2D eigenvalue weighted by Crippen LogP contribution is -2.08. The van der Waals surface area contributed by atoms with E-state index in [1.165, 1.54) is 0 Å². The third-order valence-electron chi connectivity index (χ3n) is 3.77. The van der Waals surface area contributed by atoms with E-state index in [1.54, 1.807) is 12.4 Å². The summed E-state index contributed by atoms with van der Waals surface area (Å²) in [4.78, 5) is 19.8. The summed E-state index contributed by atoms with van der Waals surface area (Å²) in [5.74, 6) is -0.820. The molecule has 0 spiro atoms. The van der Waals surface area contributed by atoms with Crippen LogP contribution in [0.25, 0.3) is 11.0 Å². The fraction of sp³-hybridized carbons (Fsp3) is 0.235. The molecule has 0 aromatic carbocycles. The molecule has 0 aliphatic rings. The quantitative estimate of drug-likeness (QED) is 0.785. The van der Waals surface area contributed by atoms with Crippen molar-refractivity contribution >= 4 is 17.0 Å². The van der Waals surface area contributed by atoms with Crippen molar-refractivity contribution < 1.29 is 9.90 Å². The normalized spacial score (nSPS) is 11.0. The fourth-order valence-electron chi connectivity index (χ4n) is 2.89. The molecule has 1 N–H and O–H groups in total. The number of fused-ring (bicyclic) bond motifs is 1. The molecule has 0 aliphatic carbocycles. The second kappa shape index (κ2) is 5.97. The fourth-order valence-corrected chi connectivity index (χ4v) is 2.89. The van der Waals surface area contributed by atoms with Crippen LogP contribution in [0.15, 0.2) is 42.9 Å². The minimum atomic E-state index is -0.820. The zero-order chi connectivity index (χ0) is 15.5. The van der Waals surface area contributed by atoms with Gasteiger partial charge in [-0.1, -0.05) is 13.0 Å². The highest BCUT2D eigenvalue weighted by Crippen LogP contribution is 2.26. The van der Waals surface area contributed by atoms with Crippen molar-refractivity contribution in [2.24, 2.45) is 0 Å². The van der Waals surface area contributed by atoms with Gasteiger partial charge in [0.2, 0.25) is 0 Å². The first kappa shape index (κ1) is 14.3. The molecule has 3 rings (SSSR count). The highest BCUT2D eigenvalue weighted by Gasteiger charge is 2.18. The highest BCUT2D eigenvalue weighted by molar-refractivity contribution is 5.86. The molecule has 0 unspecified atom stereocenters. The monoisotopic (exact) mass is 295 g/mol. The topological polar surface area (TPSA) is 68.0 Å². The third-order valence-corrected chi connectivity index (χ3v) is 3.77. The molecule has 0 aliphatic heterocycles. The van der Waals surface area contributed by atoms with Gasteiger partial charge in [-0.05, 0) is 35.7 Å². The van der Waals surface area contributed by atoms with Crippen molar-refractivity contribution in [1.82, 2.24) is 14.5 Å². The standard InChI is InChI=1S/C17H17N3O2/c1-2-15-14(9-16(21)22)13-6-4-8-19-17(13)20(15)11-12-5-3-7-18-10-12/h3-8,10H,2,9,11H2,1H3,(H,21,22). The number of carboxylic acids is 1. The van der Waals surface area contributed by atoms with Crippen LogP contribution < -0.4 is 0 Å². The Kier molecular flexibility index (Phi) is 3.87. The van der Waals surface area contributed by atoms with Gasteiger partial charge in [0.15, 0.2) is 0 Å². The number of aliphatic carboxylic acids is 1. The number of pyridine rings is 2. The maximum atomic E-state index is 11.2. The Hall–Kier alpha value is -2.69. The van der Waals surface area contributed by atoms with Gasteiger partial charge < -0.3 is 9.67 Å². The first-order valence-corrected chi connectivity index (χ1v) is 7.26. The van der Waals surface area contributed by atoms with Gasteiger partial charge in [-0.2, -0.15) is 0 Å². The average molecular weight is 295 g/mol. The molecule has 0 bridgehead atoms. The molecule has 112 valence electrons. The van der Waals surface area contributed by atoms with Crippen LogP contribution in [0.2, 0.25) is 0 Å². The molecule has 5 heteroatoms. The van der Waals surface area contributed by atoms with Crippen molar-refractivity contribution in [3.8, 4) is 0 Å². The van der Waals surface area contributed by atoms with Gasteiger partial charge in [0.25, 0.3) is 0 Å².